The molecule has 158 valence electrons. The van der Waals surface area contributed by atoms with Crippen LogP contribution in [-0.2, 0) is 9.59 Å². The van der Waals surface area contributed by atoms with Crippen LogP contribution in [0.1, 0.15) is 24.9 Å². The zero-order chi connectivity index (χ0) is 22.1. The Morgan fingerprint density at radius 3 is 2.37 bits per heavy atom. The van der Waals surface area contributed by atoms with Gasteiger partial charge in [0.1, 0.15) is 11.5 Å². The van der Waals surface area contributed by atoms with E-state index < -0.39 is 35.6 Å². The van der Waals surface area contributed by atoms with Gasteiger partial charge in [0.15, 0.2) is 11.5 Å². The summed E-state index contributed by atoms with van der Waals surface area (Å²) >= 11 is 0. The number of aliphatic hydroxyl groups excluding tert-OH is 1. The van der Waals surface area contributed by atoms with E-state index in [0.717, 1.165) is 17.0 Å². The third-order valence-corrected chi connectivity index (χ3v) is 4.59. The number of hydrogen-bond donors (Lipinski definition) is 1. The molecule has 0 saturated heterocycles. The molecule has 0 aliphatic carbocycles. The summed E-state index contributed by atoms with van der Waals surface area (Å²) in [5.74, 6) is -1.93. The van der Waals surface area contributed by atoms with Gasteiger partial charge >= 0.3 is 6.36 Å². The number of carbonyl (C=O) groups is 2. The summed E-state index contributed by atoms with van der Waals surface area (Å²) in [7, 11) is 1.46. The third-order valence-electron chi connectivity index (χ3n) is 4.59. The van der Waals surface area contributed by atoms with E-state index in [0.29, 0.717) is 11.3 Å². The normalized spacial score (nSPS) is 16.8. The van der Waals surface area contributed by atoms with Gasteiger partial charge in [-0.05, 0) is 42.0 Å². The lowest BCUT2D eigenvalue weighted by Gasteiger charge is -2.27. The molecule has 1 heterocycles. The van der Waals surface area contributed by atoms with Gasteiger partial charge in [0, 0.05) is 12.1 Å². The summed E-state index contributed by atoms with van der Waals surface area (Å²) < 4.78 is 46.3. The minimum absolute atomic E-state index is 0.0549. The molecule has 1 unspecified atom stereocenters. The molecule has 6 nitrogen and oxygen atoms in total. The second-order valence-corrected chi connectivity index (χ2v) is 6.44. The van der Waals surface area contributed by atoms with Crippen LogP contribution in [0.2, 0.25) is 0 Å². The number of alkyl halides is 3. The number of aliphatic hydroxyl groups is 1. The fourth-order valence-electron chi connectivity index (χ4n) is 3.28. The van der Waals surface area contributed by atoms with Crippen LogP contribution in [0.25, 0.3) is 0 Å². The number of Topliss-reactive ketones (excluding diaryl/α,β-unsaturated/α-hetero) is 1. The van der Waals surface area contributed by atoms with Gasteiger partial charge in [0.2, 0.25) is 0 Å². The Morgan fingerprint density at radius 1 is 1.13 bits per heavy atom. The highest BCUT2D eigenvalue weighted by atomic mass is 19.4. The van der Waals surface area contributed by atoms with Crippen molar-refractivity contribution in [1.82, 2.24) is 0 Å². The third kappa shape index (κ3) is 4.10. The van der Waals surface area contributed by atoms with Crippen molar-refractivity contribution in [3.8, 4) is 11.5 Å². The molecular formula is C21H18F3NO5. The van der Waals surface area contributed by atoms with Crippen LogP contribution in [0.4, 0.5) is 18.9 Å². The van der Waals surface area contributed by atoms with Crippen LogP contribution in [0.5, 0.6) is 11.5 Å². The van der Waals surface area contributed by atoms with E-state index >= 15 is 0 Å². The molecule has 0 saturated carbocycles. The first-order valence-corrected chi connectivity index (χ1v) is 8.96. The molecule has 30 heavy (non-hydrogen) atoms. The standard InChI is InChI=1S/C21H18F3NO5/c1-3-16(26)17-18(12-5-4-6-15(11-12)29-2)25(20(28)19(17)27)13-7-9-14(10-8-13)30-21(22,23)24/h4-11,18,27H,3H2,1-2H3. The van der Waals surface area contributed by atoms with Crippen LogP contribution in [-0.4, -0.2) is 30.3 Å². The molecule has 0 aromatic heterocycles. The van der Waals surface area contributed by atoms with Gasteiger partial charge in [0.05, 0.1) is 18.7 Å². The maximum atomic E-state index is 12.8. The van der Waals surface area contributed by atoms with Crippen LogP contribution in [0, 0.1) is 0 Å². The number of methoxy groups -OCH3 is 1. The van der Waals surface area contributed by atoms with Gasteiger partial charge in [-0.1, -0.05) is 19.1 Å². The van der Waals surface area contributed by atoms with Crippen molar-refractivity contribution in [1.29, 1.82) is 0 Å². The number of benzene rings is 2. The number of anilines is 1. The molecule has 2 aromatic rings. The van der Waals surface area contributed by atoms with Crippen LogP contribution >= 0.6 is 0 Å². The molecule has 1 aliphatic rings. The van der Waals surface area contributed by atoms with Crippen molar-refractivity contribution in [3.63, 3.8) is 0 Å². The van der Waals surface area contributed by atoms with Crippen molar-refractivity contribution in [2.45, 2.75) is 25.7 Å². The topological polar surface area (TPSA) is 76.1 Å². The summed E-state index contributed by atoms with van der Waals surface area (Å²) in [6, 6.07) is 10.3. The van der Waals surface area contributed by atoms with E-state index in [-0.39, 0.29) is 17.7 Å². The Hall–Kier alpha value is -3.49. The zero-order valence-corrected chi connectivity index (χ0v) is 16.1. The monoisotopic (exact) mass is 421 g/mol. The Labute approximate surface area is 170 Å². The lowest BCUT2D eigenvalue weighted by Crippen LogP contribution is -2.31. The lowest BCUT2D eigenvalue weighted by molar-refractivity contribution is -0.274. The predicted octanol–water partition coefficient (Wildman–Crippen LogP) is 4.47. The number of hydrogen-bond acceptors (Lipinski definition) is 5. The number of amides is 1. The van der Waals surface area contributed by atoms with E-state index in [2.05, 4.69) is 4.74 Å². The number of carbonyl (C=O) groups excluding carboxylic acids is 2. The number of ether oxygens (including phenoxy) is 2. The van der Waals surface area contributed by atoms with E-state index in [1.807, 2.05) is 0 Å². The highest BCUT2D eigenvalue weighted by Crippen LogP contribution is 2.42. The quantitative estimate of drug-likeness (QED) is 0.745. The molecule has 0 fully saturated rings. The molecule has 2 aromatic carbocycles. The fourth-order valence-corrected chi connectivity index (χ4v) is 3.28. The SMILES string of the molecule is CCC(=O)C1=C(O)C(=O)N(c2ccc(OC(F)(F)F)cc2)C1c1cccc(OC)c1. The van der Waals surface area contributed by atoms with Gasteiger partial charge < -0.3 is 14.6 Å². The largest absolute Gasteiger partial charge is 0.573 e. The van der Waals surface area contributed by atoms with Gasteiger partial charge in [-0.15, -0.1) is 13.2 Å². The Bertz CT molecular complexity index is 998. The van der Waals surface area contributed by atoms with E-state index in [9.17, 15) is 27.9 Å². The first-order chi connectivity index (χ1) is 14.2. The minimum Gasteiger partial charge on any atom is -0.503 e. The summed E-state index contributed by atoms with van der Waals surface area (Å²) in [6.45, 7) is 1.60. The summed E-state index contributed by atoms with van der Waals surface area (Å²) in [4.78, 5) is 26.5. The molecule has 1 N–H and O–H groups in total. The van der Waals surface area contributed by atoms with E-state index in [1.54, 1.807) is 31.2 Å². The molecule has 3 rings (SSSR count). The van der Waals surface area contributed by atoms with Gasteiger partial charge in [-0.2, -0.15) is 0 Å². The molecular weight excluding hydrogens is 403 g/mol. The van der Waals surface area contributed by atoms with Gasteiger partial charge in [-0.3, -0.25) is 14.5 Å². The maximum Gasteiger partial charge on any atom is 0.573 e. The number of nitrogens with zero attached hydrogens (tertiary/aromatic N) is 1. The summed E-state index contributed by atoms with van der Waals surface area (Å²) in [6.07, 6.45) is -4.80. The Kier molecular flexibility index (Phi) is 5.73. The van der Waals surface area contributed by atoms with Crippen molar-refractivity contribution in [2.24, 2.45) is 0 Å². The zero-order valence-electron chi connectivity index (χ0n) is 16.1. The van der Waals surface area contributed by atoms with Gasteiger partial charge in [0.25, 0.3) is 5.91 Å². The van der Waals surface area contributed by atoms with Crippen molar-refractivity contribution in [3.05, 3.63) is 65.4 Å². The smallest absolute Gasteiger partial charge is 0.503 e. The molecule has 0 spiro atoms. The molecule has 0 radical (unpaired) electrons. The number of ketones is 1. The molecule has 1 aliphatic heterocycles. The predicted molar refractivity (Wildman–Crippen MR) is 101 cm³/mol. The van der Waals surface area contributed by atoms with Crippen molar-refractivity contribution in [2.75, 3.05) is 12.0 Å². The number of halogens is 3. The van der Waals surface area contributed by atoms with Crippen LogP contribution in [0.15, 0.2) is 59.9 Å². The second kappa shape index (κ2) is 8.10. The first-order valence-electron chi connectivity index (χ1n) is 8.96. The molecule has 1 amide bonds. The average molecular weight is 421 g/mol. The minimum atomic E-state index is -4.85. The van der Waals surface area contributed by atoms with Gasteiger partial charge in [-0.25, -0.2) is 0 Å². The van der Waals surface area contributed by atoms with Crippen LogP contribution < -0.4 is 14.4 Å². The van der Waals surface area contributed by atoms with Crippen molar-refractivity contribution >= 4 is 17.4 Å². The van der Waals surface area contributed by atoms with Crippen molar-refractivity contribution < 1.29 is 37.3 Å². The molecule has 0 bridgehead atoms. The highest BCUT2D eigenvalue weighted by Gasteiger charge is 2.44. The summed E-state index contributed by atoms with van der Waals surface area (Å²) in [5, 5.41) is 10.4. The second-order valence-electron chi connectivity index (χ2n) is 6.44. The number of rotatable bonds is 6. The molecule has 1 atom stereocenters. The fraction of sp³-hybridized carbons (Fsp3) is 0.238. The Balaban J connectivity index is 2.07. The highest BCUT2D eigenvalue weighted by molar-refractivity contribution is 6.16. The maximum absolute atomic E-state index is 12.8. The summed E-state index contributed by atoms with van der Waals surface area (Å²) in [5.41, 5.74) is 0.610. The first kappa shape index (κ1) is 21.2. The molecule has 9 heteroatoms. The van der Waals surface area contributed by atoms with Crippen LogP contribution in [0.3, 0.4) is 0 Å². The average Bonchev–Trinajstić information content (AvgIpc) is 2.98. The Morgan fingerprint density at radius 2 is 1.80 bits per heavy atom. The van der Waals surface area contributed by atoms with E-state index in [1.165, 1.54) is 19.2 Å². The van der Waals surface area contributed by atoms with E-state index in [4.69, 9.17) is 4.74 Å². The lowest BCUT2D eigenvalue weighted by atomic mass is 9.94.